The first kappa shape index (κ1) is 10.5. The molecular weight excluding hydrogens is 184 g/mol. The van der Waals surface area contributed by atoms with Crippen LogP contribution in [0, 0.1) is 6.92 Å². The summed E-state index contributed by atoms with van der Waals surface area (Å²) in [7, 11) is 0. The quantitative estimate of drug-likeness (QED) is 0.749. The van der Waals surface area contributed by atoms with E-state index in [1.54, 1.807) is 0 Å². The van der Waals surface area contributed by atoms with Crippen molar-refractivity contribution in [2.45, 2.75) is 25.8 Å². The first-order valence-corrected chi connectivity index (χ1v) is 4.53. The minimum absolute atomic E-state index is 0. The van der Waals surface area contributed by atoms with Gasteiger partial charge in [-0.2, -0.15) is 0 Å². The van der Waals surface area contributed by atoms with E-state index in [4.69, 9.17) is 0 Å². The number of aromatic nitrogens is 1. The van der Waals surface area contributed by atoms with Crippen LogP contribution in [-0.2, 0) is 0 Å². The summed E-state index contributed by atoms with van der Waals surface area (Å²) in [6.45, 7) is 3.27. The minimum atomic E-state index is 0. The maximum Gasteiger partial charge on any atom is 0.0602 e. The van der Waals surface area contributed by atoms with Crippen molar-refractivity contribution in [3.05, 3.63) is 29.6 Å². The second-order valence-corrected chi connectivity index (χ2v) is 3.35. The van der Waals surface area contributed by atoms with Crippen LogP contribution in [-0.4, -0.2) is 11.5 Å². The molecule has 0 aliphatic carbocycles. The van der Waals surface area contributed by atoms with Crippen LogP contribution in [0.1, 0.15) is 30.1 Å². The van der Waals surface area contributed by atoms with E-state index in [0.717, 1.165) is 6.54 Å². The van der Waals surface area contributed by atoms with E-state index in [2.05, 4.69) is 23.3 Å². The van der Waals surface area contributed by atoms with Gasteiger partial charge < -0.3 is 5.32 Å². The number of hydrogen-bond donors (Lipinski definition) is 1. The predicted molar refractivity (Wildman–Crippen MR) is 56.2 cm³/mol. The van der Waals surface area contributed by atoms with E-state index in [-0.39, 0.29) is 12.4 Å². The Kier molecular flexibility index (Phi) is 3.70. The Bertz CT molecular complexity index is 269. The molecule has 1 atom stereocenters. The number of aryl methyl sites for hydroxylation is 1. The lowest BCUT2D eigenvalue weighted by molar-refractivity contribution is 0.623. The Labute approximate surface area is 85.2 Å². The van der Waals surface area contributed by atoms with E-state index in [9.17, 15) is 0 Å². The van der Waals surface area contributed by atoms with Crippen molar-refractivity contribution in [1.82, 2.24) is 10.3 Å². The molecule has 0 saturated carbocycles. The molecule has 0 bridgehead atoms. The van der Waals surface area contributed by atoms with Crippen molar-refractivity contribution in [2.75, 3.05) is 6.54 Å². The average Bonchev–Trinajstić information content (AvgIpc) is 2.57. The van der Waals surface area contributed by atoms with Crippen LogP contribution in [0.3, 0.4) is 0 Å². The van der Waals surface area contributed by atoms with Gasteiger partial charge in [-0.05, 0) is 37.9 Å². The molecule has 1 aliphatic heterocycles. The highest BCUT2D eigenvalue weighted by molar-refractivity contribution is 5.85. The van der Waals surface area contributed by atoms with Crippen molar-refractivity contribution >= 4 is 12.4 Å². The smallest absolute Gasteiger partial charge is 0.0602 e. The molecule has 72 valence electrons. The molecule has 1 N–H and O–H groups in total. The Hall–Kier alpha value is -0.600. The second kappa shape index (κ2) is 4.58. The average molecular weight is 199 g/mol. The fourth-order valence-corrected chi connectivity index (χ4v) is 1.78. The minimum Gasteiger partial charge on any atom is -0.309 e. The molecule has 0 spiro atoms. The maximum absolute atomic E-state index is 4.40. The van der Waals surface area contributed by atoms with Crippen LogP contribution in [0.4, 0.5) is 0 Å². The molecule has 1 aliphatic rings. The third-order valence-electron chi connectivity index (χ3n) is 2.44. The zero-order chi connectivity index (χ0) is 8.39. The van der Waals surface area contributed by atoms with Crippen LogP contribution in [0.25, 0.3) is 0 Å². The van der Waals surface area contributed by atoms with Gasteiger partial charge in [0.2, 0.25) is 0 Å². The Morgan fingerprint density at radius 1 is 1.54 bits per heavy atom. The second-order valence-electron chi connectivity index (χ2n) is 3.35. The molecule has 0 radical (unpaired) electrons. The van der Waals surface area contributed by atoms with E-state index in [1.807, 2.05) is 12.3 Å². The predicted octanol–water partition coefficient (Wildman–Crippen LogP) is 2.24. The zero-order valence-electron chi connectivity index (χ0n) is 7.79. The van der Waals surface area contributed by atoms with Gasteiger partial charge >= 0.3 is 0 Å². The summed E-state index contributed by atoms with van der Waals surface area (Å²) < 4.78 is 0. The molecule has 1 aromatic rings. The molecule has 1 unspecified atom stereocenters. The SMILES string of the molecule is Cc1cccnc1C1CCCN1.Cl. The summed E-state index contributed by atoms with van der Waals surface area (Å²) in [5, 5.41) is 3.45. The van der Waals surface area contributed by atoms with Crippen LogP contribution < -0.4 is 5.32 Å². The highest BCUT2D eigenvalue weighted by Gasteiger charge is 2.18. The maximum atomic E-state index is 4.40. The van der Waals surface area contributed by atoms with Gasteiger partial charge in [0, 0.05) is 12.2 Å². The molecule has 13 heavy (non-hydrogen) atoms. The van der Waals surface area contributed by atoms with E-state index in [0.29, 0.717) is 6.04 Å². The summed E-state index contributed by atoms with van der Waals surface area (Å²) >= 11 is 0. The third-order valence-corrected chi connectivity index (χ3v) is 2.44. The number of pyridine rings is 1. The standard InChI is InChI=1S/C10H14N2.ClH/c1-8-4-2-7-12-10(8)9-5-3-6-11-9;/h2,4,7,9,11H,3,5-6H2,1H3;1H. The van der Waals surface area contributed by atoms with Gasteiger partial charge in [-0.1, -0.05) is 6.07 Å². The highest BCUT2D eigenvalue weighted by atomic mass is 35.5. The van der Waals surface area contributed by atoms with Crippen molar-refractivity contribution in [3.63, 3.8) is 0 Å². The molecule has 2 nitrogen and oxygen atoms in total. The van der Waals surface area contributed by atoms with Gasteiger partial charge in [0.25, 0.3) is 0 Å². The zero-order valence-corrected chi connectivity index (χ0v) is 8.60. The molecule has 1 aromatic heterocycles. The lowest BCUT2D eigenvalue weighted by Crippen LogP contribution is -2.15. The summed E-state index contributed by atoms with van der Waals surface area (Å²) in [5.41, 5.74) is 2.53. The van der Waals surface area contributed by atoms with E-state index >= 15 is 0 Å². The van der Waals surface area contributed by atoms with Crippen LogP contribution in [0.2, 0.25) is 0 Å². The normalized spacial score (nSPS) is 21.2. The van der Waals surface area contributed by atoms with E-state index < -0.39 is 0 Å². The Balaban J connectivity index is 0.000000845. The summed E-state index contributed by atoms with van der Waals surface area (Å²) in [4.78, 5) is 4.40. The van der Waals surface area contributed by atoms with Gasteiger partial charge in [0.05, 0.1) is 5.69 Å². The molecule has 3 heteroatoms. The summed E-state index contributed by atoms with van der Waals surface area (Å²) in [6.07, 6.45) is 4.39. The molecule has 1 fully saturated rings. The number of nitrogens with zero attached hydrogens (tertiary/aromatic N) is 1. The van der Waals surface area contributed by atoms with Crippen LogP contribution in [0.15, 0.2) is 18.3 Å². The Morgan fingerprint density at radius 2 is 2.38 bits per heavy atom. The monoisotopic (exact) mass is 198 g/mol. The molecule has 0 amide bonds. The number of nitrogens with one attached hydrogen (secondary N) is 1. The Morgan fingerprint density at radius 3 is 3.00 bits per heavy atom. The fourth-order valence-electron chi connectivity index (χ4n) is 1.78. The van der Waals surface area contributed by atoms with Crippen molar-refractivity contribution in [1.29, 1.82) is 0 Å². The van der Waals surface area contributed by atoms with E-state index in [1.165, 1.54) is 24.1 Å². The summed E-state index contributed by atoms with van der Waals surface area (Å²) in [6, 6.07) is 4.63. The van der Waals surface area contributed by atoms with Gasteiger partial charge in [0.15, 0.2) is 0 Å². The number of halogens is 1. The molecular formula is C10H15ClN2. The van der Waals surface area contributed by atoms with Gasteiger partial charge in [-0.25, -0.2) is 0 Å². The lowest BCUT2D eigenvalue weighted by Gasteiger charge is -2.11. The third kappa shape index (κ3) is 2.20. The molecule has 0 aromatic carbocycles. The van der Waals surface area contributed by atoms with Crippen LogP contribution in [0.5, 0.6) is 0 Å². The van der Waals surface area contributed by atoms with Crippen molar-refractivity contribution in [3.8, 4) is 0 Å². The molecule has 1 saturated heterocycles. The first-order valence-electron chi connectivity index (χ1n) is 4.53. The number of rotatable bonds is 1. The highest BCUT2D eigenvalue weighted by Crippen LogP contribution is 2.23. The lowest BCUT2D eigenvalue weighted by atomic mass is 10.1. The van der Waals surface area contributed by atoms with Crippen molar-refractivity contribution in [2.24, 2.45) is 0 Å². The first-order chi connectivity index (χ1) is 5.88. The largest absolute Gasteiger partial charge is 0.309 e. The van der Waals surface area contributed by atoms with Gasteiger partial charge in [-0.15, -0.1) is 12.4 Å². The van der Waals surface area contributed by atoms with Gasteiger partial charge in [0.1, 0.15) is 0 Å². The van der Waals surface area contributed by atoms with Gasteiger partial charge in [-0.3, -0.25) is 4.98 Å². The number of hydrogen-bond acceptors (Lipinski definition) is 2. The summed E-state index contributed by atoms with van der Waals surface area (Å²) in [5.74, 6) is 0. The van der Waals surface area contributed by atoms with Crippen molar-refractivity contribution < 1.29 is 0 Å². The van der Waals surface area contributed by atoms with Crippen LogP contribution >= 0.6 is 12.4 Å². The fraction of sp³-hybridized carbons (Fsp3) is 0.500. The molecule has 2 heterocycles. The topological polar surface area (TPSA) is 24.9 Å². The molecule has 2 rings (SSSR count).